The molecule has 10 nitrogen and oxygen atoms in total. The number of carbonyl (C=O) groups excluding carboxylic acids is 3. The van der Waals surface area contributed by atoms with Crippen LogP contribution in [0.4, 0.5) is 4.79 Å². The van der Waals surface area contributed by atoms with Gasteiger partial charge in [0.1, 0.15) is 17.7 Å². The first-order chi connectivity index (χ1) is 17.1. The Hall–Kier alpha value is -3.63. The van der Waals surface area contributed by atoms with Crippen LogP contribution in [0, 0.1) is 22.7 Å². The summed E-state index contributed by atoms with van der Waals surface area (Å²) in [6.07, 6.45) is 1.30. The summed E-state index contributed by atoms with van der Waals surface area (Å²) in [6.45, 7) is 6.93. The third-order valence-electron chi connectivity index (χ3n) is 6.92. The molecule has 2 unspecified atom stereocenters. The molecule has 3 fully saturated rings. The number of ether oxygens (including phenoxy) is 1. The van der Waals surface area contributed by atoms with Gasteiger partial charge in [0, 0.05) is 32.2 Å². The molecule has 0 aliphatic carbocycles. The molecule has 3 aliphatic rings. The Kier molecular flexibility index (Phi) is 7.18. The standard InChI is InChI=1S/C26H32N6O4/c1-26(2,3)36-25(35)29-21(23(33)31-10-4-5-19(31)13-28)16-30-15-20-11-22(30)24(34)32(20)14-18-8-6-17(12-27)7-9-18/h6-9,19-22H,4-5,10-11,14-16H2,1-3H3,(H,29,35)/t19?,20-,21?,22-/m0/s1. The minimum atomic E-state index is -0.923. The lowest BCUT2D eigenvalue weighted by Crippen LogP contribution is -2.58. The van der Waals surface area contributed by atoms with Crippen molar-refractivity contribution >= 4 is 17.9 Å². The number of nitriles is 2. The van der Waals surface area contributed by atoms with Gasteiger partial charge in [-0.15, -0.1) is 0 Å². The zero-order valence-electron chi connectivity index (χ0n) is 20.9. The fraction of sp³-hybridized carbons (Fsp3) is 0.577. The third kappa shape index (κ3) is 5.44. The van der Waals surface area contributed by atoms with E-state index in [1.54, 1.807) is 32.9 Å². The van der Waals surface area contributed by atoms with Gasteiger partial charge in [0.2, 0.25) is 11.8 Å². The second-order valence-electron chi connectivity index (χ2n) is 10.7. The van der Waals surface area contributed by atoms with E-state index < -0.39 is 23.8 Å². The van der Waals surface area contributed by atoms with Gasteiger partial charge < -0.3 is 19.9 Å². The van der Waals surface area contributed by atoms with Crippen molar-refractivity contribution in [3.8, 4) is 12.1 Å². The van der Waals surface area contributed by atoms with Gasteiger partial charge in [-0.2, -0.15) is 10.5 Å². The largest absolute Gasteiger partial charge is 0.444 e. The maximum atomic E-state index is 13.4. The number of hydrogen-bond acceptors (Lipinski definition) is 7. The van der Waals surface area contributed by atoms with E-state index >= 15 is 0 Å². The summed E-state index contributed by atoms with van der Waals surface area (Å²) in [4.78, 5) is 44.5. The fourth-order valence-electron chi connectivity index (χ4n) is 5.26. The molecule has 0 spiro atoms. The van der Waals surface area contributed by atoms with Crippen molar-refractivity contribution in [1.82, 2.24) is 20.0 Å². The summed E-state index contributed by atoms with van der Waals surface area (Å²) in [5.41, 5.74) is 0.802. The van der Waals surface area contributed by atoms with Gasteiger partial charge in [-0.1, -0.05) is 12.1 Å². The summed E-state index contributed by atoms with van der Waals surface area (Å²) in [6, 6.07) is 9.67. The molecule has 2 bridgehead atoms. The highest BCUT2D eigenvalue weighted by Gasteiger charge is 2.50. The number of amides is 3. The van der Waals surface area contributed by atoms with Crippen molar-refractivity contribution in [2.75, 3.05) is 19.6 Å². The minimum Gasteiger partial charge on any atom is -0.444 e. The minimum absolute atomic E-state index is 0.00449. The molecule has 3 saturated heterocycles. The van der Waals surface area contributed by atoms with E-state index in [-0.39, 0.29) is 30.4 Å². The van der Waals surface area contributed by atoms with Crippen molar-refractivity contribution in [2.24, 2.45) is 0 Å². The topological polar surface area (TPSA) is 130 Å². The molecule has 0 saturated carbocycles. The summed E-state index contributed by atoms with van der Waals surface area (Å²) in [5, 5.41) is 21.1. The lowest BCUT2D eigenvalue weighted by molar-refractivity contribution is -0.140. The smallest absolute Gasteiger partial charge is 0.408 e. The van der Waals surface area contributed by atoms with Gasteiger partial charge in [-0.3, -0.25) is 14.5 Å². The van der Waals surface area contributed by atoms with E-state index in [0.717, 1.165) is 12.0 Å². The predicted molar refractivity (Wildman–Crippen MR) is 129 cm³/mol. The number of hydrogen-bond donors (Lipinski definition) is 1. The molecular formula is C26H32N6O4. The van der Waals surface area contributed by atoms with Crippen molar-refractivity contribution in [2.45, 2.75) is 76.3 Å². The van der Waals surface area contributed by atoms with Crippen LogP contribution in [-0.2, 0) is 20.9 Å². The Labute approximate surface area is 211 Å². The van der Waals surface area contributed by atoms with Crippen LogP contribution in [0.2, 0.25) is 0 Å². The van der Waals surface area contributed by atoms with E-state index in [2.05, 4.69) is 17.5 Å². The number of benzene rings is 1. The first kappa shape index (κ1) is 25.5. The molecule has 4 atom stereocenters. The lowest BCUT2D eigenvalue weighted by atomic mass is 10.1. The highest BCUT2D eigenvalue weighted by Crippen LogP contribution is 2.33. The Morgan fingerprint density at radius 1 is 1.22 bits per heavy atom. The van der Waals surface area contributed by atoms with Gasteiger partial charge in [-0.05, 0) is 57.7 Å². The highest BCUT2D eigenvalue weighted by molar-refractivity contribution is 5.88. The van der Waals surface area contributed by atoms with Gasteiger partial charge in [0.15, 0.2) is 0 Å². The van der Waals surface area contributed by atoms with Crippen molar-refractivity contribution in [1.29, 1.82) is 10.5 Å². The zero-order chi connectivity index (χ0) is 26.0. The summed E-state index contributed by atoms with van der Waals surface area (Å²) < 4.78 is 5.38. The van der Waals surface area contributed by atoms with E-state index in [4.69, 9.17) is 10.00 Å². The van der Waals surface area contributed by atoms with Crippen LogP contribution in [0.15, 0.2) is 24.3 Å². The van der Waals surface area contributed by atoms with Crippen LogP contribution < -0.4 is 5.32 Å². The molecule has 0 aromatic heterocycles. The second kappa shape index (κ2) is 10.2. The maximum Gasteiger partial charge on any atom is 0.408 e. The summed E-state index contributed by atoms with van der Waals surface area (Å²) >= 11 is 0. The van der Waals surface area contributed by atoms with E-state index in [9.17, 15) is 19.6 Å². The number of rotatable bonds is 6. The van der Waals surface area contributed by atoms with E-state index in [1.165, 1.54) is 4.90 Å². The molecule has 3 aliphatic heterocycles. The first-order valence-corrected chi connectivity index (χ1v) is 12.3. The SMILES string of the molecule is CC(C)(C)OC(=O)NC(CN1C[C@@H]2C[C@H]1C(=O)N2Cc1ccc(C#N)cc1)C(=O)N1CCCC1C#N. The molecule has 36 heavy (non-hydrogen) atoms. The molecular weight excluding hydrogens is 460 g/mol. The van der Waals surface area contributed by atoms with Crippen LogP contribution in [0.5, 0.6) is 0 Å². The average Bonchev–Trinajstić information content (AvgIpc) is 3.53. The Morgan fingerprint density at radius 3 is 2.56 bits per heavy atom. The number of piperazine rings is 1. The molecule has 1 aromatic rings. The van der Waals surface area contributed by atoms with E-state index in [1.807, 2.05) is 21.9 Å². The van der Waals surface area contributed by atoms with Gasteiger partial charge in [0.05, 0.1) is 23.7 Å². The average molecular weight is 493 g/mol. The van der Waals surface area contributed by atoms with Gasteiger partial charge >= 0.3 is 6.09 Å². The molecule has 190 valence electrons. The lowest BCUT2D eigenvalue weighted by Gasteiger charge is -2.36. The molecule has 10 heteroatoms. The van der Waals surface area contributed by atoms with E-state index in [0.29, 0.717) is 38.0 Å². The summed E-state index contributed by atoms with van der Waals surface area (Å²) in [5.74, 6) is -0.329. The van der Waals surface area contributed by atoms with Crippen LogP contribution >= 0.6 is 0 Å². The number of nitrogens with zero attached hydrogens (tertiary/aromatic N) is 5. The second-order valence-corrected chi connectivity index (χ2v) is 10.7. The molecule has 1 N–H and O–H groups in total. The number of fused-ring (bicyclic) bond motifs is 2. The molecule has 4 rings (SSSR count). The fourth-order valence-corrected chi connectivity index (χ4v) is 5.26. The van der Waals surface area contributed by atoms with Gasteiger partial charge in [0.25, 0.3) is 0 Å². The third-order valence-corrected chi connectivity index (χ3v) is 6.92. The van der Waals surface area contributed by atoms with Crippen LogP contribution in [0.1, 0.15) is 51.2 Å². The number of likely N-dealkylation sites (tertiary alicyclic amines) is 3. The van der Waals surface area contributed by atoms with Gasteiger partial charge in [-0.25, -0.2) is 4.79 Å². The van der Waals surface area contributed by atoms with Crippen molar-refractivity contribution < 1.29 is 19.1 Å². The van der Waals surface area contributed by atoms with Crippen molar-refractivity contribution in [3.05, 3.63) is 35.4 Å². The molecule has 3 amide bonds. The molecule has 0 radical (unpaired) electrons. The Morgan fingerprint density at radius 2 is 1.94 bits per heavy atom. The van der Waals surface area contributed by atoms with Crippen LogP contribution in [0.25, 0.3) is 0 Å². The van der Waals surface area contributed by atoms with Crippen LogP contribution in [-0.4, -0.2) is 82.0 Å². The highest BCUT2D eigenvalue weighted by atomic mass is 16.6. The van der Waals surface area contributed by atoms with Crippen LogP contribution in [0.3, 0.4) is 0 Å². The number of carbonyl (C=O) groups is 3. The molecule has 3 heterocycles. The Bertz CT molecular complexity index is 1100. The first-order valence-electron chi connectivity index (χ1n) is 12.3. The maximum absolute atomic E-state index is 13.4. The summed E-state index contributed by atoms with van der Waals surface area (Å²) in [7, 11) is 0. The number of nitrogens with one attached hydrogen (secondary N) is 1. The molecule has 1 aromatic carbocycles. The predicted octanol–water partition coefficient (Wildman–Crippen LogP) is 1.75. The Balaban J connectivity index is 1.44. The quantitative estimate of drug-likeness (QED) is 0.640. The number of alkyl carbamates (subject to hydrolysis) is 1. The zero-order valence-corrected chi connectivity index (χ0v) is 20.9. The van der Waals surface area contributed by atoms with Crippen molar-refractivity contribution in [3.63, 3.8) is 0 Å². The monoisotopic (exact) mass is 492 g/mol. The normalized spacial score (nSPS) is 24.4.